The maximum Gasteiger partial charge on any atom is 0.119 e. The van der Waals surface area contributed by atoms with Gasteiger partial charge in [-0.2, -0.15) is 0 Å². The molecular weight excluding hydrogens is 224 g/mol. The van der Waals surface area contributed by atoms with E-state index in [4.69, 9.17) is 9.47 Å². The summed E-state index contributed by atoms with van der Waals surface area (Å²) in [6, 6.07) is 8.51. The first kappa shape index (κ1) is 13.4. The zero-order valence-corrected chi connectivity index (χ0v) is 11.7. The topological polar surface area (TPSA) is 21.8 Å². The number of benzene rings is 1. The maximum absolute atomic E-state index is 5.61. The average Bonchev–Trinajstić information content (AvgIpc) is 3.15. The predicted octanol–water partition coefficient (Wildman–Crippen LogP) is 4.15. The Hall–Kier alpha value is -1.02. The van der Waals surface area contributed by atoms with Crippen LogP contribution in [0.4, 0.5) is 0 Å². The highest BCUT2D eigenvalue weighted by atomic mass is 16.6. The van der Waals surface area contributed by atoms with E-state index in [-0.39, 0.29) is 0 Å². The van der Waals surface area contributed by atoms with Crippen LogP contribution in [0.2, 0.25) is 0 Å². The average molecular weight is 248 g/mol. The van der Waals surface area contributed by atoms with E-state index in [1.54, 1.807) is 0 Å². The van der Waals surface area contributed by atoms with E-state index in [1.807, 2.05) is 0 Å². The molecule has 0 N–H and O–H groups in total. The van der Waals surface area contributed by atoms with Crippen molar-refractivity contribution in [2.45, 2.75) is 58.2 Å². The predicted molar refractivity (Wildman–Crippen MR) is 74.2 cm³/mol. The Morgan fingerprint density at radius 2 is 1.89 bits per heavy atom. The van der Waals surface area contributed by atoms with Crippen LogP contribution in [0.5, 0.6) is 5.75 Å². The molecule has 0 aromatic heterocycles. The number of rotatable bonds is 7. The van der Waals surface area contributed by atoms with Crippen molar-refractivity contribution in [2.75, 3.05) is 6.61 Å². The van der Waals surface area contributed by atoms with Gasteiger partial charge in [0.05, 0.1) is 18.8 Å². The largest absolute Gasteiger partial charge is 0.494 e. The van der Waals surface area contributed by atoms with Gasteiger partial charge in [-0.25, -0.2) is 0 Å². The van der Waals surface area contributed by atoms with E-state index >= 15 is 0 Å². The molecule has 1 fully saturated rings. The quantitative estimate of drug-likeness (QED) is 0.676. The molecule has 1 aromatic rings. The van der Waals surface area contributed by atoms with Crippen LogP contribution in [0.25, 0.3) is 0 Å². The summed E-state index contributed by atoms with van der Waals surface area (Å²) in [5.41, 5.74) is 1.38. The van der Waals surface area contributed by atoms with E-state index in [9.17, 15) is 0 Å². The molecule has 100 valence electrons. The number of hydrogen-bond donors (Lipinski definition) is 0. The summed E-state index contributed by atoms with van der Waals surface area (Å²) < 4.78 is 11.2. The molecule has 2 heteroatoms. The highest BCUT2D eigenvalue weighted by Crippen LogP contribution is 2.34. The van der Waals surface area contributed by atoms with Crippen molar-refractivity contribution in [3.05, 3.63) is 29.8 Å². The summed E-state index contributed by atoms with van der Waals surface area (Å²) in [5, 5.41) is 0. The third-order valence-corrected chi connectivity index (χ3v) is 3.60. The lowest BCUT2D eigenvalue weighted by Crippen LogP contribution is -2.01. The highest BCUT2D eigenvalue weighted by molar-refractivity contribution is 5.29. The van der Waals surface area contributed by atoms with Crippen LogP contribution in [0, 0.1) is 0 Å². The summed E-state index contributed by atoms with van der Waals surface area (Å²) in [7, 11) is 0. The van der Waals surface area contributed by atoms with Gasteiger partial charge in [0.25, 0.3) is 0 Å². The Morgan fingerprint density at radius 3 is 2.44 bits per heavy atom. The molecule has 1 saturated heterocycles. The molecule has 18 heavy (non-hydrogen) atoms. The Balaban J connectivity index is 1.84. The number of hydrogen-bond acceptors (Lipinski definition) is 2. The second-order valence-corrected chi connectivity index (χ2v) is 5.18. The summed E-state index contributed by atoms with van der Waals surface area (Å²) in [6.45, 7) is 7.38. The first-order valence-electron chi connectivity index (χ1n) is 7.12. The molecule has 1 aliphatic heterocycles. The van der Waals surface area contributed by atoms with E-state index in [0.717, 1.165) is 31.6 Å². The minimum absolute atomic E-state index is 0.487. The lowest BCUT2D eigenvalue weighted by molar-refractivity contribution is 0.317. The van der Waals surface area contributed by atoms with Crippen molar-refractivity contribution in [3.8, 4) is 5.75 Å². The molecule has 2 nitrogen and oxygen atoms in total. The molecular formula is C16H24O2. The first-order chi connectivity index (χ1) is 8.74. The Bertz CT molecular complexity index is 358. The summed E-state index contributed by atoms with van der Waals surface area (Å²) >= 11 is 0. The number of epoxide rings is 1. The zero-order chi connectivity index (χ0) is 13.0. The Kier molecular flexibility index (Phi) is 4.65. The standard InChI is InChI=1S/C16H24O2/c1-4-10-17-14-8-6-13(7-9-14)12(3)11-16-15(5-2)18-16/h6-9,12,15-16H,4-5,10-11H2,1-3H3. The van der Waals surface area contributed by atoms with Crippen molar-refractivity contribution in [2.24, 2.45) is 0 Å². The normalized spacial score (nSPS) is 23.7. The summed E-state index contributed by atoms with van der Waals surface area (Å²) in [5.74, 6) is 1.54. The molecule has 1 aliphatic rings. The summed E-state index contributed by atoms with van der Waals surface area (Å²) in [6.07, 6.45) is 4.32. The monoisotopic (exact) mass is 248 g/mol. The van der Waals surface area contributed by atoms with Crippen molar-refractivity contribution in [1.29, 1.82) is 0 Å². The van der Waals surface area contributed by atoms with Gasteiger partial charge in [0.2, 0.25) is 0 Å². The first-order valence-corrected chi connectivity index (χ1v) is 7.12. The van der Waals surface area contributed by atoms with Crippen LogP contribution < -0.4 is 4.74 Å². The molecule has 1 heterocycles. The number of ether oxygens (including phenoxy) is 2. The van der Waals surface area contributed by atoms with Crippen molar-refractivity contribution in [3.63, 3.8) is 0 Å². The van der Waals surface area contributed by atoms with Gasteiger partial charge >= 0.3 is 0 Å². The molecule has 2 rings (SSSR count). The molecule has 0 radical (unpaired) electrons. The van der Waals surface area contributed by atoms with Crippen molar-refractivity contribution < 1.29 is 9.47 Å². The third-order valence-electron chi connectivity index (χ3n) is 3.60. The van der Waals surface area contributed by atoms with Crippen LogP contribution >= 0.6 is 0 Å². The SMILES string of the molecule is CCCOc1ccc(C(C)CC2OC2CC)cc1. The Labute approximate surface area is 110 Å². The molecule has 0 bridgehead atoms. The van der Waals surface area contributed by atoms with Crippen molar-refractivity contribution in [1.82, 2.24) is 0 Å². The van der Waals surface area contributed by atoms with Crippen LogP contribution in [0.15, 0.2) is 24.3 Å². The van der Waals surface area contributed by atoms with Crippen LogP contribution in [-0.2, 0) is 4.74 Å². The maximum atomic E-state index is 5.61. The second kappa shape index (κ2) is 6.24. The van der Waals surface area contributed by atoms with Gasteiger partial charge in [0.15, 0.2) is 0 Å². The Morgan fingerprint density at radius 1 is 1.17 bits per heavy atom. The molecule has 0 amide bonds. The minimum atomic E-state index is 0.487. The van der Waals surface area contributed by atoms with E-state index in [0.29, 0.717) is 18.1 Å². The summed E-state index contributed by atoms with van der Waals surface area (Å²) in [4.78, 5) is 0. The van der Waals surface area contributed by atoms with Gasteiger partial charge < -0.3 is 9.47 Å². The fourth-order valence-corrected chi connectivity index (χ4v) is 2.34. The van der Waals surface area contributed by atoms with Crippen LogP contribution in [0.3, 0.4) is 0 Å². The van der Waals surface area contributed by atoms with Gasteiger partial charge in [-0.1, -0.05) is 32.9 Å². The lowest BCUT2D eigenvalue weighted by Gasteiger charge is -2.11. The van der Waals surface area contributed by atoms with E-state index in [1.165, 1.54) is 5.56 Å². The van der Waals surface area contributed by atoms with Gasteiger partial charge in [-0.3, -0.25) is 0 Å². The fourth-order valence-electron chi connectivity index (χ4n) is 2.34. The van der Waals surface area contributed by atoms with E-state index < -0.39 is 0 Å². The minimum Gasteiger partial charge on any atom is -0.494 e. The molecule has 0 aliphatic carbocycles. The van der Waals surface area contributed by atoms with Gasteiger partial charge in [0, 0.05) is 0 Å². The van der Waals surface area contributed by atoms with Gasteiger partial charge in [-0.15, -0.1) is 0 Å². The van der Waals surface area contributed by atoms with Crippen LogP contribution in [0.1, 0.15) is 51.5 Å². The third kappa shape index (κ3) is 3.49. The van der Waals surface area contributed by atoms with Gasteiger partial charge in [0.1, 0.15) is 5.75 Å². The molecule has 1 aromatic carbocycles. The highest BCUT2D eigenvalue weighted by Gasteiger charge is 2.37. The second-order valence-electron chi connectivity index (χ2n) is 5.18. The van der Waals surface area contributed by atoms with Crippen LogP contribution in [-0.4, -0.2) is 18.8 Å². The zero-order valence-electron chi connectivity index (χ0n) is 11.7. The van der Waals surface area contributed by atoms with Crippen molar-refractivity contribution >= 4 is 0 Å². The fraction of sp³-hybridized carbons (Fsp3) is 0.625. The van der Waals surface area contributed by atoms with Gasteiger partial charge in [-0.05, 0) is 42.9 Å². The molecule has 3 unspecified atom stereocenters. The lowest BCUT2D eigenvalue weighted by atomic mass is 9.95. The smallest absolute Gasteiger partial charge is 0.119 e. The van der Waals surface area contributed by atoms with E-state index in [2.05, 4.69) is 45.0 Å². The molecule has 0 saturated carbocycles. The molecule has 0 spiro atoms. The molecule has 3 atom stereocenters.